The molecule has 83 heavy (non-hydrogen) atoms. The normalized spacial score (nSPS) is 18.8. The molecule has 464 valence electrons. The number of likely N-dealkylation sites (N-methyl/N-ethyl adjacent to an activating group) is 2. The lowest BCUT2D eigenvalue weighted by Gasteiger charge is -2.41. The number of carbonyl (C=O) groups is 10. The number of primary amides is 1. The number of likely N-dealkylation sites (tertiary alicyclic amines) is 2. The number of carboxylic acid groups (broad SMARTS) is 1. The number of nitrogens with one attached hydrogen (secondary N) is 5. The number of aromatic amines is 1. The van der Waals surface area contributed by atoms with Crippen LogP contribution in [-0.4, -0.2) is 196 Å². The second-order valence-electron chi connectivity index (χ2n) is 22.9. The molecular formula is C58H93N11O13S. The summed E-state index contributed by atoms with van der Waals surface area (Å²) in [5.74, 6) is -6.24. The zero-order valence-electron chi connectivity index (χ0n) is 50.4. The van der Waals surface area contributed by atoms with Crippen LogP contribution in [0.5, 0.6) is 0 Å². The third-order valence-corrected chi connectivity index (χ3v) is 17.5. The fourth-order valence-electron chi connectivity index (χ4n) is 11.3. The number of thioether (sulfide) groups is 1. The number of H-pyrrole nitrogens is 1. The van der Waals surface area contributed by atoms with Gasteiger partial charge >= 0.3 is 5.97 Å². The van der Waals surface area contributed by atoms with E-state index in [1.807, 2.05) is 70.7 Å². The topological polar surface area (TPSA) is 338 Å². The van der Waals surface area contributed by atoms with Crippen molar-refractivity contribution in [2.45, 2.75) is 179 Å². The van der Waals surface area contributed by atoms with Crippen LogP contribution in [0, 0.1) is 23.7 Å². The maximum Gasteiger partial charge on any atom is 0.321 e. The number of hydrazine groups is 1. The molecule has 0 bridgehead atoms. The Bertz CT molecular complexity index is 2550. The number of carboxylic acids is 1. The molecule has 1 aromatic heterocycles. The monoisotopic (exact) mass is 1180 g/mol. The minimum Gasteiger partial charge on any atom is -0.480 e. The minimum atomic E-state index is -1.18. The Labute approximate surface area is 492 Å². The van der Waals surface area contributed by atoms with Gasteiger partial charge in [-0.05, 0) is 75.1 Å². The summed E-state index contributed by atoms with van der Waals surface area (Å²) in [6, 6.07) is 2.83. The quantitative estimate of drug-likeness (QED) is 0.0279. The number of aromatic nitrogens is 1. The Morgan fingerprint density at radius 3 is 2.14 bits per heavy atom. The van der Waals surface area contributed by atoms with Crippen LogP contribution in [0.4, 0.5) is 0 Å². The third kappa shape index (κ3) is 19.4. The predicted molar refractivity (Wildman–Crippen MR) is 314 cm³/mol. The number of imide groups is 1. The largest absolute Gasteiger partial charge is 0.480 e. The zero-order chi connectivity index (χ0) is 61.8. The van der Waals surface area contributed by atoms with E-state index in [4.69, 9.17) is 26.0 Å². The molecule has 1 aromatic carbocycles. The van der Waals surface area contributed by atoms with Gasteiger partial charge in [-0.3, -0.25) is 68.6 Å². The highest BCUT2D eigenvalue weighted by Gasteiger charge is 2.44. The number of unbranched alkanes of at least 4 members (excludes halogenated alkanes) is 2. The van der Waals surface area contributed by atoms with Gasteiger partial charge in [0.2, 0.25) is 53.2 Å². The first kappa shape index (κ1) is 69.3. The van der Waals surface area contributed by atoms with Crippen LogP contribution in [0.25, 0.3) is 10.9 Å². The van der Waals surface area contributed by atoms with Crippen molar-refractivity contribution in [3.05, 3.63) is 36.0 Å². The smallest absolute Gasteiger partial charge is 0.321 e. The third-order valence-electron chi connectivity index (χ3n) is 16.2. The number of carbonyl (C=O) groups excluding carboxylic acids is 9. The van der Waals surface area contributed by atoms with Gasteiger partial charge in [-0.15, -0.1) is 11.8 Å². The van der Waals surface area contributed by atoms with E-state index in [-0.39, 0.29) is 91.7 Å². The van der Waals surface area contributed by atoms with Gasteiger partial charge in [0, 0.05) is 82.9 Å². The van der Waals surface area contributed by atoms with E-state index >= 15 is 0 Å². The summed E-state index contributed by atoms with van der Waals surface area (Å²) in [5, 5.41) is 15.1. The Balaban J connectivity index is 1.28. The first-order valence-electron chi connectivity index (χ1n) is 29.1. The van der Waals surface area contributed by atoms with Gasteiger partial charge in [0.15, 0.2) is 0 Å². The lowest BCUT2D eigenvalue weighted by Crippen LogP contribution is -2.60. The number of amides is 9. The molecule has 2 aliphatic heterocycles. The van der Waals surface area contributed by atoms with Crippen LogP contribution in [0.2, 0.25) is 0 Å². The summed E-state index contributed by atoms with van der Waals surface area (Å²) in [4.78, 5) is 141. The summed E-state index contributed by atoms with van der Waals surface area (Å²) in [6.45, 7) is 14.1. The van der Waals surface area contributed by atoms with Gasteiger partial charge in [-0.2, -0.15) is 0 Å². The van der Waals surface area contributed by atoms with Crippen molar-refractivity contribution < 1.29 is 62.5 Å². The number of nitrogens with zero attached hydrogens (tertiary/aromatic N) is 4. The lowest BCUT2D eigenvalue weighted by molar-refractivity contribution is -0.148. The van der Waals surface area contributed by atoms with E-state index in [1.165, 1.54) is 14.2 Å². The van der Waals surface area contributed by atoms with Crippen molar-refractivity contribution in [2.24, 2.45) is 35.1 Å². The van der Waals surface area contributed by atoms with E-state index < -0.39 is 89.2 Å². The number of rotatable bonds is 35. The molecule has 0 saturated carbocycles. The van der Waals surface area contributed by atoms with Crippen LogP contribution in [0.3, 0.4) is 0 Å². The van der Waals surface area contributed by atoms with Crippen molar-refractivity contribution in [3.63, 3.8) is 0 Å². The molecule has 24 nitrogen and oxygen atoms in total. The molecule has 11 atom stereocenters. The Kier molecular flexibility index (Phi) is 27.9. The molecule has 2 aliphatic rings. The van der Waals surface area contributed by atoms with Gasteiger partial charge in [0.1, 0.15) is 18.1 Å². The van der Waals surface area contributed by atoms with Crippen LogP contribution in [0.15, 0.2) is 30.5 Å². The number of hydrogen-bond donors (Lipinski definition) is 8. The van der Waals surface area contributed by atoms with Crippen molar-refractivity contribution in [1.82, 2.24) is 46.1 Å². The van der Waals surface area contributed by atoms with E-state index in [2.05, 4.69) is 26.5 Å². The van der Waals surface area contributed by atoms with Crippen LogP contribution < -0.4 is 33.0 Å². The van der Waals surface area contributed by atoms with Crippen molar-refractivity contribution in [2.75, 3.05) is 53.7 Å². The number of methoxy groups -OCH3 is 2. The van der Waals surface area contributed by atoms with E-state index in [0.29, 0.717) is 58.0 Å². The maximum absolute atomic E-state index is 14.7. The molecule has 3 heterocycles. The second kappa shape index (κ2) is 33.4. The Hall–Kier alpha value is -6.15. The maximum atomic E-state index is 14.7. The fourth-order valence-corrected chi connectivity index (χ4v) is 12.4. The number of para-hydroxylation sites is 1. The molecule has 2 saturated heterocycles. The minimum absolute atomic E-state index is 0.00803. The lowest BCUT2D eigenvalue weighted by atomic mass is 9.89. The van der Waals surface area contributed by atoms with E-state index in [9.17, 15) is 47.9 Å². The summed E-state index contributed by atoms with van der Waals surface area (Å²) < 4.78 is 12.1. The van der Waals surface area contributed by atoms with Crippen molar-refractivity contribution >= 4 is 81.8 Å². The number of aliphatic carboxylic acids is 1. The van der Waals surface area contributed by atoms with Crippen molar-refractivity contribution in [1.29, 1.82) is 0 Å². The molecule has 2 aromatic rings. The van der Waals surface area contributed by atoms with Gasteiger partial charge in [0.25, 0.3) is 0 Å². The molecule has 4 rings (SSSR count). The number of ether oxygens (including phenoxy) is 2. The summed E-state index contributed by atoms with van der Waals surface area (Å²) >= 11 is 1.05. The number of hydrogen-bond acceptors (Lipinski definition) is 15. The number of fused-ring (bicyclic) bond motifs is 1. The van der Waals surface area contributed by atoms with E-state index in [1.54, 1.807) is 37.0 Å². The molecule has 25 heteroatoms. The summed E-state index contributed by atoms with van der Waals surface area (Å²) in [5.41, 5.74) is 17.9. The highest BCUT2D eigenvalue weighted by molar-refractivity contribution is 8.00. The summed E-state index contributed by atoms with van der Waals surface area (Å²) in [6.07, 6.45) is 4.22. The molecular weight excluding hydrogens is 1090 g/mol. The standard InChI is InChI=1S/C58H93N11O13S/c1-12-35(6)51(43(81-10)29-47(72)68-27-18-22-42(68)52(82-11)36(7)54(75)62-41(53(60)74)28-37-31-61-40-21-16-15-20-38(37)40)67(9)57(78)49(33(2)3)63-55(76)50(34(4)5)66(8)25-19-24-46(71)65-64-45(70)23-14-13-17-26-69-48(73)30-44(56(69)77)83-32-39(59)58(79)80/h15-16,20-21,31,33-36,39,41-44,49-52,61H,12-14,17-19,22-30,32,59H2,1-11H3,(H2,60,74)(H,62,75)(H,63,76)(H,64,70)(H,65,71)(H,79,80)/t35-,36+,39-,41-,42-,43+,44?,49-,50-,51-,52+/m0/s1. The molecule has 9 amide bonds. The van der Waals surface area contributed by atoms with Gasteiger partial charge in [-0.1, -0.05) is 79.5 Å². The highest BCUT2D eigenvalue weighted by atomic mass is 32.2. The molecule has 10 N–H and O–H groups in total. The SMILES string of the molecule is CC[C@H](C)[C@@H]([C@@H](CC(=O)N1CCC[C@H]1[C@H](OC)[C@@H](C)C(=O)N[C@@H](Cc1c[nH]c2ccccc12)C(N)=O)OC)N(C)C(=O)[C@@H](NC(=O)[C@H](C(C)C)N(C)CCCC(=O)NNC(=O)CCCCCN1C(=O)CC(SC[C@H](N)C(=O)O)C1=O)C(C)C. The fraction of sp³-hybridized carbons (Fsp3) is 0.690. The van der Waals surface area contributed by atoms with Crippen molar-refractivity contribution in [3.8, 4) is 0 Å². The van der Waals surface area contributed by atoms with Crippen LogP contribution in [-0.2, 0) is 63.8 Å². The van der Waals surface area contributed by atoms with Gasteiger partial charge in [-0.25, -0.2) is 0 Å². The highest BCUT2D eigenvalue weighted by Crippen LogP contribution is 2.31. The average molecular weight is 1180 g/mol. The average Bonchev–Trinajstić information content (AvgIpc) is 4.42. The summed E-state index contributed by atoms with van der Waals surface area (Å²) in [7, 11) is 6.45. The van der Waals surface area contributed by atoms with Gasteiger partial charge < -0.3 is 51.5 Å². The first-order valence-corrected chi connectivity index (χ1v) is 30.1. The Morgan fingerprint density at radius 1 is 0.880 bits per heavy atom. The van der Waals surface area contributed by atoms with Crippen LogP contribution >= 0.6 is 11.8 Å². The molecule has 2 fully saturated rings. The number of nitrogens with two attached hydrogens (primary N) is 2. The molecule has 0 aliphatic carbocycles. The zero-order valence-corrected chi connectivity index (χ0v) is 51.2. The molecule has 1 unspecified atom stereocenters. The second-order valence-corrected chi connectivity index (χ2v) is 24.1. The number of benzene rings is 1. The van der Waals surface area contributed by atoms with Gasteiger partial charge in [0.05, 0.1) is 47.9 Å². The Morgan fingerprint density at radius 2 is 1.54 bits per heavy atom. The predicted octanol–water partition coefficient (Wildman–Crippen LogP) is 2.46. The molecule has 0 radical (unpaired) electrons. The first-order chi connectivity index (χ1) is 39.3. The molecule has 0 spiro atoms. The van der Waals surface area contributed by atoms with E-state index in [0.717, 1.165) is 33.1 Å². The van der Waals surface area contributed by atoms with Crippen LogP contribution in [0.1, 0.15) is 125 Å².